The maximum Gasteiger partial charge on any atom is 0.277 e. The van der Waals surface area contributed by atoms with Gasteiger partial charge in [-0.1, -0.05) is 44.2 Å². The minimum absolute atomic E-state index is 0.0224. The van der Waals surface area contributed by atoms with Crippen molar-refractivity contribution in [1.82, 2.24) is 0 Å². The number of aliphatic imine (C=N–C) groups is 1. The van der Waals surface area contributed by atoms with Crippen LogP contribution in [-0.2, 0) is 4.79 Å². The average molecular weight is 268 g/mol. The number of para-hydroxylation sites is 1. The van der Waals surface area contributed by atoms with Crippen molar-refractivity contribution in [1.29, 1.82) is 0 Å². The van der Waals surface area contributed by atoms with Crippen LogP contribution in [0.3, 0.4) is 0 Å². The summed E-state index contributed by atoms with van der Waals surface area (Å²) >= 11 is 0. The van der Waals surface area contributed by atoms with E-state index in [1.54, 1.807) is 11.9 Å². The van der Waals surface area contributed by atoms with Crippen LogP contribution in [0.25, 0.3) is 0 Å². The molecule has 0 N–H and O–H groups in total. The van der Waals surface area contributed by atoms with E-state index in [9.17, 15) is 4.79 Å². The first-order chi connectivity index (χ1) is 9.70. The van der Waals surface area contributed by atoms with Crippen molar-refractivity contribution >= 4 is 17.3 Å². The van der Waals surface area contributed by atoms with Gasteiger partial charge in [0, 0.05) is 24.4 Å². The summed E-state index contributed by atoms with van der Waals surface area (Å²) in [6.07, 6.45) is 7.07. The number of carbonyl (C=O) groups is 1. The van der Waals surface area contributed by atoms with Crippen molar-refractivity contribution < 1.29 is 4.79 Å². The lowest BCUT2D eigenvalue weighted by Gasteiger charge is -2.18. The number of rotatable bonds is 3. The molecule has 0 bridgehead atoms. The molecular weight excluding hydrogens is 248 g/mol. The third-order valence-electron chi connectivity index (χ3n) is 3.43. The SMILES string of the molecule is CC/C=C\C=C1/C(C)C(=NC)C(=O)N1c1ccccc1. The highest BCUT2D eigenvalue weighted by Crippen LogP contribution is 2.32. The van der Waals surface area contributed by atoms with Crippen LogP contribution >= 0.6 is 0 Å². The van der Waals surface area contributed by atoms with Crippen LogP contribution in [0.4, 0.5) is 5.69 Å². The molecule has 1 saturated heterocycles. The average Bonchev–Trinajstić information content (AvgIpc) is 2.71. The van der Waals surface area contributed by atoms with Gasteiger partial charge in [0.15, 0.2) is 0 Å². The van der Waals surface area contributed by atoms with Gasteiger partial charge in [0.05, 0.1) is 0 Å². The maximum absolute atomic E-state index is 12.5. The van der Waals surface area contributed by atoms with E-state index >= 15 is 0 Å². The second-order valence-electron chi connectivity index (χ2n) is 4.73. The molecule has 1 aromatic carbocycles. The van der Waals surface area contributed by atoms with Crippen molar-refractivity contribution in [2.45, 2.75) is 20.3 Å². The minimum Gasteiger partial charge on any atom is -0.287 e. The quantitative estimate of drug-likeness (QED) is 0.824. The molecule has 1 unspecified atom stereocenters. The molecule has 1 aliphatic rings. The standard InChI is InChI=1S/C17H20N2O/c1-4-5-7-12-15-13(2)16(18-3)17(20)19(15)14-10-8-6-9-11-14/h5-13H,4H2,1-3H3/b7-5-,15-12+,18-16?. The summed E-state index contributed by atoms with van der Waals surface area (Å²) < 4.78 is 0. The van der Waals surface area contributed by atoms with Gasteiger partial charge in [-0.3, -0.25) is 14.7 Å². The smallest absolute Gasteiger partial charge is 0.277 e. The fraction of sp³-hybridized carbons (Fsp3) is 0.294. The topological polar surface area (TPSA) is 32.7 Å². The van der Waals surface area contributed by atoms with E-state index in [0.29, 0.717) is 5.71 Å². The van der Waals surface area contributed by atoms with E-state index in [0.717, 1.165) is 17.8 Å². The van der Waals surface area contributed by atoms with E-state index < -0.39 is 0 Å². The largest absolute Gasteiger partial charge is 0.287 e. The Bertz CT molecular complexity index is 570. The molecule has 1 atom stereocenters. The number of anilines is 1. The van der Waals surface area contributed by atoms with Gasteiger partial charge < -0.3 is 0 Å². The first kappa shape index (κ1) is 14.3. The van der Waals surface area contributed by atoms with Crippen molar-refractivity contribution in [2.75, 3.05) is 11.9 Å². The van der Waals surface area contributed by atoms with Crippen LogP contribution < -0.4 is 4.90 Å². The molecule has 3 heteroatoms. The third-order valence-corrected chi connectivity index (χ3v) is 3.43. The predicted molar refractivity (Wildman–Crippen MR) is 84.0 cm³/mol. The first-order valence-electron chi connectivity index (χ1n) is 6.93. The number of hydrogen-bond acceptors (Lipinski definition) is 2. The monoisotopic (exact) mass is 268 g/mol. The molecule has 1 fully saturated rings. The number of allylic oxidation sites excluding steroid dienone is 4. The zero-order valence-corrected chi connectivity index (χ0v) is 12.2. The molecule has 1 aliphatic heterocycles. The summed E-state index contributed by atoms with van der Waals surface area (Å²) in [5.41, 5.74) is 2.48. The Labute approximate surface area is 120 Å². The zero-order valence-electron chi connectivity index (χ0n) is 12.2. The number of amides is 1. The van der Waals surface area contributed by atoms with E-state index in [1.807, 2.05) is 49.4 Å². The molecule has 1 aromatic rings. The molecule has 3 nitrogen and oxygen atoms in total. The lowest BCUT2D eigenvalue weighted by Crippen LogP contribution is -2.26. The van der Waals surface area contributed by atoms with Crippen LogP contribution in [-0.4, -0.2) is 18.7 Å². The Morgan fingerprint density at radius 1 is 1.30 bits per heavy atom. The van der Waals surface area contributed by atoms with Gasteiger partial charge >= 0.3 is 0 Å². The molecule has 104 valence electrons. The molecule has 1 heterocycles. The Morgan fingerprint density at radius 2 is 2.00 bits per heavy atom. The molecule has 0 aliphatic carbocycles. The summed E-state index contributed by atoms with van der Waals surface area (Å²) in [6.45, 7) is 4.11. The second-order valence-corrected chi connectivity index (χ2v) is 4.73. The molecule has 1 amide bonds. The van der Waals surface area contributed by atoms with Gasteiger partial charge in [0.2, 0.25) is 0 Å². The van der Waals surface area contributed by atoms with Crippen molar-refractivity contribution in [2.24, 2.45) is 10.9 Å². The Morgan fingerprint density at radius 3 is 2.60 bits per heavy atom. The van der Waals surface area contributed by atoms with Gasteiger partial charge in [-0.2, -0.15) is 0 Å². The molecule has 0 radical (unpaired) electrons. The highest BCUT2D eigenvalue weighted by molar-refractivity contribution is 6.48. The Kier molecular flexibility index (Phi) is 4.51. The van der Waals surface area contributed by atoms with Crippen LogP contribution in [0.15, 0.2) is 59.2 Å². The third kappa shape index (κ3) is 2.57. The van der Waals surface area contributed by atoms with Gasteiger partial charge in [-0.05, 0) is 24.6 Å². The summed E-state index contributed by atoms with van der Waals surface area (Å²) in [6, 6.07) is 9.71. The van der Waals surface area contributed by atoms with Crippen LogP contribution in [0, 0.1) is 5.92 Å². The van der Waals surface area contributed by atoms with Crippen LogP contribution in [0.5, 0.6) is 0 Å². The van der Waals surface area contributed by atoms with Crippen LogP contribution in [0.1, 0.15) is 20.3 Å². The first-order valence-corrected chi connectivity index (χ1v) is 6.93. The Hall–Kier alpha value is -2.16. The van der Waals surface area contributed by atoms with Crippen molar-refractivity contribution in [3.8, 4) is 0 Å². The predicted octanol–water partition coefficient (Wildman–Crippen LogP) is 3.59. The van der Waals surface area contributed by atoms with Crippen molar-refractivity contribution in [3.63, 3.8) is 0 Å². The summed E-state index contributed by atoms with van der Waals surface area (Å²) in [4.78, 5) is 18.4. The fourth-order valence-electron chi connectivity index (χ4n) is 2.41. The van der Waals surface area contributed by atoms with Crippen molar-refractivity contribution in [3.05, 3.63) is 54.3 Å². The van der Waals surface area contributed by atoms with Gasteiger partial charge in [0.1, 0.15) is 5.71 Å². The number of carbonyl (C=O) groups excluding carboxylic acids is 1. The van der Waals surface area contributed by atoms with E-state index in [-0.39, 0.29) is 11.8 Å². The van der Waals surface area contributed by atoms with Gasteiger partial charge in [-0.15, -0.1) is 0 Å². The lowest BCUT2D eigenvalue weighted by atomic mass is 10.1. The molecule has 0 spiro atoms. The molecule has 2 rings (SSSR count). The van der Waals surface area contributed by atoms with Crippen LogP contribution in [0.2, 0.25) is 0 Å². The maximum atomic E-state index is 12.5. The fourth-order valence-corrected chi connectivity index (χ4v) is 2.41. The summed E-state index contributed by atoms with van der Waals surface area (Å²) in [5.74, 6) is -0.00318. The van der Waals surface area contributed by atoms with Gasteiger partial charge in [-0.25, -0.2) is 0 Å². The Balaban J connectivity index is 2.48. The number of benzene rings is 1. The minimum atomic E-state index is -0.0256. The van der Waals surface area contributed by atoms with E-state index in [1.165, 1.54) is 0 Å². The summed E-state index contributed by atoms with van der Waals surface area (Å²) in [7, 11) is 1.68. The van der Waals surface area contributed by atoms with E-state index in [2.05, 4.69) is 18.0 Å². The summed E-state index contributed by atoms with van der Waals surface area (Å²) in [5, 5.41) is 0. The normalized spacial score (nSPS) is 23.4. The lowest BCUT2D eigenvalue weighted by molar-refractivity contribution is -0.111. The molecule has 0 aromatic heterocycles. The van der Waals surface area contributed by atoms with Gasteiger partial charge in [0.25, 0.3) is 5.91 Å². The highest BCUT2D eigenvalue weighted by atomic mass is 16.2. The van der Waals surface area contributed by atoms with E-state index in [4.69, 9.17) is 0 Å². The number of hydrogen-bond donors (Lipinski definition) is 0. The molecule has 0 saturated carbocycles. The zero-order chi connectivity index (χ0) is 14.5. The highest BCUT2D eigenvalue weighted by Gasteiger charge is 2.38. The second kappa shape index (κ2) is 6.33. The number of nitrogens with zero attached hydrogens (tertiary/aromatic N) is 2. The molecule has 20 heavy (non-hydrogen) atoms. The molecular formula is C17H20N2O.